The number of aromatic hydroxyl groups is 1. The van der Waals surface area contributed by atoms with Gasteiger partial charge in [0.2, 0.25) is 0 Å². The summed E-state index contributed by atoms with van der Waals surface area (Å²) in [6.45, 7) is 2.19. The first-order valence-electron chi connectivity index (χ1n) is 6.54. The highest BCUT2D eigenvalue weighted by atomic mass is 16.3. The van der Waals surface area contributed by atoms with Crippen LogP contribution in [0.15, 0.2) is 41.5 Å². The zero-order valence-electron chi connectivity index (χ0n) is 11.5. The number of benzene rings is 1. The molecule has 0 fully saturated rings. The number of pyridine rings is 1. The molecule has 20 heavy (non-hydrogen) atoms. The Morgan fingerprint density at radius 1 is 1.25 bits per heavy atom. The molecule has 0 atom stereocenters. The van der Waals surface area contributed by atoms with Crippen LogP contribution < -0.4 is 0 Å². The average Bonchev–Trinajstić information content (AvgIpc) is 2.49. The van der Waals surface area contributed by atoms with Crippen LogP contribution in [-0.4, -0.2) is 28.0 Å². The minimum absolute atomic E-state index is 0.0833. The van der Waals surface area contributed by atoms with Gasteiger partial charge in [-0.1, -0.05) is 30.3 Å². The van der Waals surface area contributed by atoms with E-state index in [0.717, 1.165) is 6.42 Å². The molecule has 2 N–H and O–H groups in total. The van der Waals surface area contributed by atoms with E-state index in [2.05, 4.69) is 22.1 Å². The first kappa shape index (κ1) is 14.2. The molecule has 0 unspecified atom stereocenters. The average molecular weight is 270 g/mol. The van der Waals surface area contributed by atoms with Gasteiger partial charge >= 0.3 is 0 Å². The molecule has 1 aromatic carbocycles. The third kappa shape index (κ3) is 3.42. The normalized spacial score (nSPS) is 11.1. The highest BCUT2D eigenvalue weighted by molar-refractivity contribution is 5.85. The summed E-state index contributed by atoms with van der Waals surface area (Å²) < 4.78 is 0. The number of hydrogen-bond acceptors (Lipinski definition) is 4. The van der Waals surface area contributed by atoms with Gasteiger partial charge < -0.3 is 10.2 Å². The van der Waals surface area contributed by atoms with Crippen molar-refractivity contribution in [1.29, 1.82) is 0 Å². The van der Waals surface area contributed by atoms with E-state index in [4.69, 9.17) is 0 Å². The minimum Gasteiger partial charge on any atom is -0.505 e. The summed E-state index contributed by atoms with van der Waals surface area (Å²) in [6, 6.07) is 10.1. The fourth-order valence-electron chi connectivity index (χ4n) is 1.92. The highest BCUT2D eigenvalue weighted by Gasteiger charge is 2.08. The Morgan fingerprint density at radius 3 is 2.70 bits per heavy atom. The molecule has 0 radical (unpaired) electrons. The quantitative estimate of drug-likeness (QED) is 0.819. The van der Waals surface area contributed by atoms with Crippen LogP contribution in [-0.2, 0) is 13.0 Å². The van der Waals surface area contributed by atoms with Crippen LogP contribution in [0.25, 0.3) is 0 Å². The molecule has 1 aromatic heterocycles. The van der Waals surface area contributed by atoms with Crippen molar-refractivity contribution in [1.82, 2.24) is 4.98 Å². The van der Waals surface area contributed by atoms with Gasteiger partial charge in [0, 0.05) is 30.1 Å². The van der Waals surface area contributed by atoms with Gasteiger partial charge in [-0.3, -0.25) is 9.98 Å². The van der Waals surface area contributed by atoms with Gasteiger partial charge in [-0.15, -0.1) is 0 Å². The molecule has 0 saturated heterocycles. The summed E-state index contributed by atoms with van der Waals surface area (Å²) in [5.41, 5.74) is 2.89. The predicted molar refractivity (Wildman–Crippen MR) is 79.2 cm³/mol. The van der Waals surface area contributed by atoms with E-state index in [-0.39, 0.29) is 12.4 Å². The summed E-state index contributed by atoms with van der Waals surface area (Å²) in [5.74, 6) is 0.0833. The third-order valence-electron chi connectivity index (χ3n) is 3.12. The van der Waals surface area contributed by atoms with Gasteiger partial charge in [-0.25, -0.2) is 0 Å². The molecule has 0 aliphatic rings. The Bertz CT molecular complexity index is 595. The van der Waals surface area contributed by atoms with Gasteiger partial charge in [0.05, 0.1) is 12.3 Å². The molecule has 104 valence electrons. The summed E-state index contributed by atoms with van der Waals surface area (Å²) in [5, 5.41) is 19.2. The Kier molecular flexibility index (Phi) is 4.85. The van der Waals surface area contributed by atoms with E-state index in [1.807, 2.05) is 18.2 Å². The van der Waals surface area contributed by atoms with E-state index in [0.29, 0.717) is 23.4 Å². The van der Waals surface area contributed by atoms with Crippen molar-refractivity contribution < 1.29 is 10.2 Å². The Morgan fingerprint density at radius 2 is 2.00 bits per heavy atom. The van der Waals surface area contributed by atoms with Crippen molar-refractivity contribution in [2.75, 3.05) is 6.54 Å². The van der Waals surface area contributed by atoms with Crippen molar-refractivity contribution in [3.05, 3.63) is 58.9 Å². The number of aliphatic imine (C=N–C) groups is 1. The topological polar surface area (TPSA) is 65.7 Å². The van der Waals surface area contributed by atoms with Crippen molar-refractivity contribution in [3.63, 3.8) is 0 Å². The SMILES string of the molecule is Cc1ncc(CO)c(C=NCCc2ccccc2)c1O. The van der Waals surface area contributed by atoms with Crippen molar-refractivity contribution in [3.8, 4) is 5.75 Å². The van der Waals surface area contributed by atoms with Crippen molar-refractivity contribution >= 4 is 6.21 Å². The lowest BCUT2D eigenvalue weighted by molar-refractivity contribution is 0.280. The number of aryl methyl sites for hydroxylation is 1. The lowest BCUT2D eigenvalue weighted by atomic mass is 10.1. The van der Waals surface area contributed by atoms with Crippen LogP contribution in [0.5, 0.6) is 5.75 Å². The van der Waals surface area contributed by atoms with Gasteiger partial charge in [0.15, 0.2) is 0 Å². The Labute approximate surface area is 118 Å². The lowest BCUT2D eigenvalue weighted by Gasteiger charge is -2.07. The standard InChI is InChI=1S/C16H18N2O2/c1-12-16(20)15(14(11-19)9-18-12)10-17-8-7-13-5-3-2-4-6-13/h2-6,9-10,19-20H,7-8,11H2,1H3. The zero-order chi connectivity index (χ0) is 14.4. The van der Waals surface area contributed by atoms with Gasteiger partial charge in [0.1, 0.15) is 5.75 Å². The molecule has 0 aliphatic heterocycles. The van der Waals surface area contributed by atoms with Crippen LogP contribution >= 0.6 is 0 Å². The number of aromatic nitrogens is 1. The number of nitrogens with zero attached hydrogens (tertiary/aromatic N) is 2. The molecule has 0 amide bonds. The Balaban J connectivity index is 2.06. The monoisotopic (exact) mass is 270 g/mol. The van der Waals surface area contributed by atoms with E-state index in [1.165, 1.54) is 5.56 Å². The van der Waals surface area contributed by atoms with Gasteiger partial charge in [-0.2, -0.15) is 0 Å². The fourth-order valence-corrected chi connectivity index (χ4v) is 1.92. The van der Waals surface area contributed by atoms with Crippen molar-refractivity contribution in [2.24, 2.45) is 4.99 Å². The van der Waals surface area contributed by atoms with E-state index < -0.39 is 0 Å². The first-order chi connectivity index (χ1) is 9.72. The van der Waals surface area contributed by atoms with E-state index >= 15 is 0 Å². The Hall–Kier alpha value is -2.20. The van der Waals surface area contributed by atoms with Crippen LogP contribution in [0.2, 0.25) is 0 Å². The molecular weight excluding hydrogens is 252 g/mol. The summed E-state index contributed by atoms with van der Waals surface area (Å²) in [4.78, 5) is 8.34. The second-order valence-corrected chi connectivity index (χ2v) is 4.56. The summed E-state index contributed by atoms with van der Waals surface area (Å²) in [6.07, 6.45) is 4.02. The molecule has 0 spiro atoms. The van der Waals surface area contributed by atoms with Gasteiger partial charge in [-0.05, 0) is 18.9 Å². The maximum absolute atomic E-state index is 9.96. The molecule has 0 aliphatic carbocycles. The molecule has 1 heterocycles. The zero-order valence-corrected chi connectivity index (χ0v) is 11.5. The second kappa shape index (κ2) is 6.82. The largest absolute Gasteiger partial charge is 0.505 e. The van der Waals surface area contributed by atoms with Crippen LogP contribution in [0.4, 0.5) is 0 Å². The molecular formula is C16H18N2O2. The maximum atomic E-state index is 9.96. The van der Waals surface area contributed by atoms with Gasteiger partial charge in [0.25, 0.3) is 0 Å². The summed E-state index contributed by atoms with van der Waals surface area (Å²) >= 11 is 0. The minimum atomic E-state index is -0.166. The number of hydrogen-bond donors (Lipinski definition) is 2. The van der Waals surface area contributed by atoms with Crippen molar-refractivity contribution in [2.45, 2.75) is 20.0 Å². The van der Waals surface area contributed by atoms with E-state index in [1.54, 1.807) is 19.3 Å². The third-order valence-corrected chi connectivity index (χ3v) is 3.12. The second-order valence-electron chi connectivity index (χ2n) is 4.56. The lowest BCUT2D eigenvalue weighted by Crippen LogP contribution is -1.99. The highest BCUT2D eigenvalue weighted by Crippen LogP contribution is 2.21. The van der Waals surface area contributed by atoms with Crippen LogP contribution in [0.3, 0.4) is 0 Å². The smallest absolute Gasteiger partial charge is 0.145 e. The molecule has 0 saturated carbocycles. The van der Waals surface area contributed by atoms with E-state index in [9.17, 15) is 10.2 Å². The molecule has 2 rings (SSSR count). The fraction of sp³-hybridized carbons (Fsp3) is 0.250. The molecule has 2 aromatic rings. The molecule has 4 heteroatoms. The summed E-state index contributed by atoms with van der Waals surface area (Å²) in [7, 11) is 0. The maximum Gasteiger partial charge on any atom is 0.145 e. The molecule has 4 nitrogen and oxygen atoms in total. The number of aliphatic hydroxyl groups excluding tert-OH is 1. The predicted octanol–water partition coefficient (Wildman–Crippen LogP) is 2.25. The molecule has 0 bridgehead atoms. The van der Waals surface area contributed by atoms with Crippen LogP contribution in [0, 0.1) is 6.92 Å². The van der Waals surface area contributed by atoms with Crippen LogP contribution in [0.1, 0.15) is 22.4 Å². The number of aliphatic hydroxyl groups is 1. The number of rotatable bonds is 5. The first-order valence-corrected chi connectivity index (χ1v) is 6.54.